The van der Waals surface area contributed by atoms with Crippen LogP contribution in [0.25, 0.3) is 34.4 Å². The van der Waals surface area contributed by atoms with E-state index >= 15 is 0 Å². The summed E-state index contributed by atoms with van der Waals surface area (Å²) in [6.45, 7) is 5.06. The molecule has 2 unspecified atom stereocenters. The Kier molecular flexibility index (Phi) is 10.3. The van der Waals surface area contributed by atoms with Crippen molar-refractivity contribution in [3.05, 3.63) is 129 Å². The quantitative estimate of drug-likeness (QED) is 0.162. The minimum atomic E-state index is -3.75. The Labute approximate surface area is 388 Å². The first-order valence-electron chi connectivity index (χ1n) is 24.9. The van der Waals surface area contributed by atoms with E-state index in [1.165, 1.54) is 131 Å². The van der Waals surface area contributed by atoms with Crippen molar-refractivity contribution >= 4 is 43.8 Å². The molecular formula is C58H70Cl2SiZr. The van der Waals surface area contributed by atoms with E-state index in [0.29, 0.717) is 18.1 Å². The molecule has 9 saturated carbocycles. The van der Waals surface area contributed by atoms with Gasteiger partial charge in [-0.3, -0.25) is 0 Å². The Morgan fingerprint density at radius 1 is 0.500 bits per heavy atom. The third kappa shape index (κ3) is 6.45. The summed E-state index contributed by atoms with van der Waals surface area (Å²) in [5, 5.41) is 0. The number of fused-ring (bicyclic) bond motifs is 2. The van der Waals surface area contributed by atoms with Crippen LogP contribution in [0.4, 0.5) is 0 Å². The van der Waals surface area contributed by atoms with Crippen LogP contribution in [0.15, 0.2) is 96.1 Å². The summed E-state index contributed by atoms with van der Waals surface area (Å²) < 4.78 is 6.88. The second kappa shape index (κ2) is 15.0. The third-order valence-electron chi connectivity index (χ3n) is 19.8. The summed E-state index contributed by atoms with van der Waals surface area (Å²) in [5.41, 5.74) is 19.9. The summed E-state index contributed by atoms with van der Waals surface area (Å²) >= 11 is -3.75. The number of halogens is 2. The molecule has 15 rings (SSSR count). The summed E-state index contributed by atoms with van der Waals surface area (Å²) in [4.78, 5) is 0. The zero-order valence-electron chi connectivity index (χ0n) is 37.8. The van der Waals surface area contributed by atoms with Crippen LogP contribution < -0.4 is 0 Å². The standard InChI is InChI=1S/C30H33.C26H27.2CH3.2ClH.H2Si.Zr/c1-2-5-23(4-1)26-15-25-6-3-7-28(29(25)16-26)24-8-10-27(11-9-24)30-17-20-12-21(18-30)14-22(13-20)19-30;1-17-9-22-3-2-4-24(25(22)10-17)21-5-7-23(8-6-21)26-14-18-11-19(15-26)13-20(12-18)16-26;;;;;;/h3,6-11,15-16,20-23H,1-2,4-5,12-14,17-19H2;2-10,18-20H,11-16H2,1H3;2*1H3;2*1H;1H2;. The van der Waals surface area contributed by atoms with Gasteiger partial charge in [0, 0.05) is 0 Å². The molecule has 11 aliphatic rings. The monoisotopic (exact) mass is 954 g/mol. The number of benzene rings is 4. The van der Waals surface area contributed by atoms with Crippen LogP contribution in [0.1, 0.15) is 150 Å². The normalized spacial score (nSPS) is 35.0. The van der Waals surface area contributed by atoms with E-state index in [9.17, 15) is 0 Å². The molecule has 8 bridgehead atoms. The smallest absolute Gasteiger partial charge is 0.147 e. The van der Waals surface area contributed by atoms with Gasteiger partial charge in [0.25, 0.3) is 0 Å². The second-order valence-electron chi connectivity index (χ2n) is 24.5. The van der Waals surface area contributed by atoms with Crippen molar-refractivity contribution in [1.82, 2.24) is 0 Å². The van der Waals surface area contributed by atoms with Crippen molar-refractivity contribution in [2.45, 2.75) is 137 Å². The number of allylic oxidation sites excluding steroid dienone is 2. The molecule has 4 heteroatoms. The molecule has 0 nitrogen and oxygen atoms in total. The molecule has 0 radical (unpaired) electrons. The van der Waals surface area contributed by atoms with Crippen molar-refractivity contribution in [2.75, 3.05) is 0 Å². The predicted molar refractivity (Wildman–Crippen MR) is 267 cm³/mol. The van der Waals surface area contributed by atoms with Gasteiger partial charge in [-0.2, -0.15) is 0 Å². The first-order chi connectivity index (χ1) is 29.0. The Balaban J connectivity index is 0.00000216. The summed E-state index contributed by atoms with van der Waals surface area (Å²) in [6.07, 6.45) is 28.7. The van der Waals surface area contributed by atoms with Crippen LogP contribution in [0.2, 0.25) is 9.26 Å². The van der Waals surface area contributed by atoms with E-state index in [1.54, 1.807) is 33.4 Å². The molecule has 0 heterocycles. The molecule has 0 N–H and O–H groups in total. The largest absolute Gasteiger partial charge is 0.147 e. The van der Waals surface area contributed by atoms with Crippen molar-refractivity contribution < 1.29 is 17.4 Å². The second-order valence-corrected chi connectivity index (χ2v) is 55.0. The molecule has 0 saturated heterocycles. The van der Waals surface area contributed by atoms with Gasteiger partial charge in [-0.25, -0.2) is 0 Å². The van der Waals surface area contributed by atoms with Gasteiger partial charge in [-0.05, 0) is 0 Å². The van der Waals surface area contributed by atoms with E-state index in [2.05, 4.69) is 120 Å². The zero-order chi connectivity index (χ0) is 40.2. The van der Waals surface area contributed by atoms with Crippen LogP contribution in [0.5, 0.6) is 0 Å². The fourth-order valence-corrected chi connectivity index (χ4v) is 38.8. The maximum absolute atomic E-state index is 3.75. The summed E-state index contributed by atoms with van der Waals surface area (Å²) in [5.74, 6) is 6.65. The van der Waals surface area contributed by atoms with Crippen LogP contribution in [0, 0.1) is 41.4 Å². The van der Waals surface area contributed by atoms with Crippen molar-refractivity contribution in [3.63, 3.8) is 0 Å². The number of rotatable bonds is 7. The Morgan fingerprint density at radius 2 is 0.887 bits per heavy atom. The summed E-state index contributed by atoms with van der Waals surface area (Å²) in [7, 11) is 0. The van der Waals surface area contributed by atoms with Gasteiger partial charge < -0.3 is 0 Å². The zero-order valence-corrected chi connectivity index (χ0v) is 43.3. The number of hydrogen-bond acceptors (Lipinski definition) is 0. The van der Waals surface area contributed by atoms with E-state index in [-0.39, 0.29) is 24.8 Å². The molecule has 324 valence electrons. The van der Waals surface area contributed by atoms with Gasteiger partial charge in [-0.1, -0.05) is 0 Å². The fourth-order valence-electron chi connectivity index (χ4n) is 18.5. The molecule has 4 aromatic rings. The van der Waals surface area contributed by atoms with Gasteiger partial charge in [0.05, 0.1) is 0 Å². The van der Waals surface area contributed by atoms with Gasteiger partial charge in [-0.15, -0.1) is 24.8 Å². The van der Waals surface area contributed by atoms with Crippen molar-refractivity contribution in [3.8, 4) is 22.3 Å². The molecule has 11 aliphatic carbocycles. The molecule has 62 heavy (non-hydrogen) atoms. The average Bonchev–Trinajstić information content (AvgIpc) is 3.98. The van der Waals surface area contributed by atoms with Gasteiger partial charge in [0.2, 0.25) is 0 Å². The first-order valence-corrected chi connectivity index (χ1v) is 38.6. The minimum absolute atomic E-state index is 0. The fraction of sp³-hybridized carbons (Fsp3) is 0.517. The Bertz CT molecular complexity index is 2490. The molecule has 2 atom stereocenters. The SMILES string of the molecule is CC1=Cc2c(-c3ccc(C45CC6CC(CC(C6)C4)C5)cc3)cccc2[CH]1[Zr]([CH3])([CH3])(=[SiH2])[CH]1C(C2CCCC2)=Cc2c(-c3ccc(C45CC6CC(CC(C6)C4)C5)cc3)cccc21.Cl.Cl. The predicted octanol–water partition coefficient (Wildman–Crippen LogP) is 15.9. The third-order valence-corrected chi connectivity index (χ3v) is 37.4. The van der Waals surface area contributed by atoms with Crippen LogP contribution in [0.3, 0.4) is 0 Å². The van der Waals surface area contributed by atoms with E-state index in [4.69, 9.17) is 0 Å². The summed E-state index contributed by atoms with van der Waals surface area (Å²) in [6, 6.07) is 35.3. The topological polar surface area (TPSA) is 0 Å². The molecule has 9 fully saturated rings. The van der Waals surface area contributed by atoms with Crippen molar-refractivity contribution in [2.24, 2.45) is 41.4 Å². The van der Waals surface area contributed by atoms with E-state index in [1.807, 2.05) is 5.57 Å². The Morgan fingerprint density at radius 3 is 1.31 bits per heavy atom. The maximum atomic E-state index is 2.87. The van der Waals surface area contributed by atoms with Crippen LogP contribution in [-0.4, -0.2) is 6.88 Å². The van der Waals surface area contributed by atoms with Crippen LogP contribution in [-0.2, 0) is 28.2 Å². The van der Waals surface area contributed by atoms with E-state index in [0.717, 1.165) is 41.4 Å². The van der Waals surface area contributed by atoms with Gasteiger partial charge in [0.15, 0.2) is 0 Å². The molecule has 0 aliphatic heterocycles. The van der Waals surface area contributed by atoms with Crippen molar-refractivity contribution in [1.29, 1.82) is 0 Å². The minimum Gasteiger partial charge on any atom is -0.147 e. The Hall–Kier alpha value is -1.96. The maximum Gasteiger partial charge on any atom is -0.147 e. The van der Waals surface area contributed by atoms with Gasteiger partial charge >= 0.3 is 367 Å². The molecule has 0 aromatic heterocycles. The molecule has 0 spiro atoms. The van der Waals surface area contributed by atoms with Gasteiger partial charge in [0.1, 0.15) is 0 Å². The first kappa shape index (κ1) is 42.7. The van der Waals surface area contributed by atoms with E-state index < -0.39 is 17.4 Å². The average molecular weight is 957 g/mol. The molecule has 0 amide bonds. The molecule has 4 aromatic carbocycles. The molecular weight excluding hydrogens is 887 g/mol. The van der Waals surface area contributed by atoms with Crippen LogP contribution >= 0.6 is 24.8 Å². The number of hydrogen-bond donors (Lipinski definition) is 0.